The lowest BCUT2D eigenvalue weighted by molar-refractivity contribution is -0.127. The van der Waals surface area contributed by atoms with Crippen LogP contribution in [0.15, 0.2) is 36.0 Å². The van der Waals surface area contributed by atoms with E-state index in [2.05, 4.69) is 10.6 Å². The van der Waals surface area contributed by atoms with Crippen molar-refractivity contribution in [3.63, 3.8) is 0 Å². The predicted molar refractivity (Wildman–Crippen MR) is 97.2 cm³/mol. The van der Waals surface area contributed by atoms with Gasteiger partial charge in [0.1, 0.15) is 11.6 Å². The van der Waals surface area contributed by atoms with Gasteiger partial charge in [-0.15, -0.1) is 0 Å². The predicted octanol–water partition coefficient (Wildman–Crippen LogP) is 1.84. The van der Waals surface area contributed by atoms with E-state index in [0.717, 1.165) is 19.4 Å². The molecule has 2 amide bonds. The minimum atomic E-state index is -0.523. The summed E-state index contributed by atoms with van der Waals surface area (Å²) in [5.41, 5.74) is 1.02. The Morgan fingerprint density at radius 2 is 2.04 bits per heavy atom. The number of amides is 2. The molecular formula is C19H22N4O3. The number of hydrogen-bond donors (Lipinski definition) is 2. The van der Waals surface area contributed by atoms with Crippen LogP contribution in [0.3, 0.4) is 0 Å². The number of ketones is 1. The Kier molecular flexibility index (Phi) is 6.92. The van der Waals surface area contributed by atoms with Crippen molar-refractivity contribution in [2.45, 2.75) is 26.2 Å². The van der Waals surface area contributed by atoms with E-state index in [-0.39, 0.29) is 17.3 Å². The number of Topliss-reactive ketones (excluding diaryl/α,β-unsaturated/α-hetero) is 1. The zero-order chi connectivity index (χ0) is 18.9. The summed E-state index contributed by atoms with van der Waals surface area (Å²) < 4.78 is 0. The largest absolute Gasteiger partial charge is 0.390 e. The van der Waals surface area contributed by atoms with Gasteiger partial charge >= 0.3 is 0 Å². The molecule has 2 rings (SSSR count). The summed E-state index contributed by atoms with van der Waals surface area (Å²) in [4.78, 5) is 36.7. The first-order chi connectivity index (χ1) is 12.5. The Morgan fingerprint density at radius 3 is 2.62 bits per heavy atom. The normalized spacial score (nSPS) is 14.1. The summed E-state index contributed by atoms with van der Waals surface area (Å²) in [5, 5.41) is 14.7. The Hall–Kier alpha value is -3.14. The third-order valence-corrected chi connectivity index (χ3v) is 4.08. The summed E-state index contributed by atoms with van der Waals surface area (Å²) >= 11 is 0. The monoisotopic (exact) mass is 354 g/mol. The van der Waals surface area contributed by atoms with Crippen LogP contribution in [-0.4, -0.2) is 42.1 Å². The topological polar surface area (TPSA) is 102 Å². The van der Waals surface area contributed by atoms with Gasteiger partial charge in [-0.3, -0.25) is 14.4 Å². The van der Waals surface area contributed by atoms with Crippen molar-refractivity contribution in [1.82, 2.24) is 10.2 Å². The van der Waals surface area contributed by atoms with E-state index in [1.807, 2.05) is 11.0 Å². The lowest BCUT2D eigenvalue weighted by Gasteiger charge is -2.14. The van der Waals surface area contributed by atoms with Crippen molar-refractivity contribution < 1.29 is 14.4 Å². The van der Waals surface area contributed by atoms with Crippen LogP contribution in [0.4, 0.5) is 5.69 Å². The summed E-state index contributed by atoms with van der Waals surface area (Å²) in [6.45, 7) is 3.52. The molecule has 0 saturated carbocycles. The van der Waals surface area contributed by atoms with E-state index in [9.17, 15) is 14.4 Å². The first-order valence-corrected chi connectivity index (χ1v) is 8.55. The van der Waals surface area contributed by atoms with E-state index >= 15 is 0 Å². The molecule has 1 saturated heterocycles. The second-order valence-corrected chi connectivity index (χ2v) is 6.05. The second-order valence-electron chi connectivity index (χ2n) is 6.05. The van der Waals surface area contributed by atoms with Gasteiger partial charge in [-0.2, -0.15) is 5.26 Å². The molecule has 0 spiro atoms. The minimum Gasteiger partial charge on any atom is -0.390 e. The molecule has 0 bridgehead atoms. The fraction of sp³-hybridized carbons (Fsp3) is 0.368. The van der Waals surface area contributed by atoms with Crippen LogP contribution in [0, 0.1) is 11.3 Å². The summed E-state index contributed by atoms with van der Waals surface area (Å²) in [6.07, 6.45) is 3.66. The van der Waals surface area contributed by atoms with Gasteiger partial charge in [-0.25, -0.2) is 0 Å². The van der Waals surface area contributed by atoms with Gasteiger partial charge in [0.25, 0.3) is 5.91 Å². The smallest absolute Gasteiger partial charge is 0.267 e. The molecule has 0 unspecified atom stereocenters. The number of benzene rings is 1. The van der Waals surface area contributed by atoms with Crippen molar-refractivity contribution in [2.24, 2.45) is 0 Å². The van der Waals surface area contributed by atoms with Crippen molar-refractivity contribution in [2.75, 3.05) is 25.0 Å². The molecule has 0 aromatic heterocycles. The van der Waals surface area contributed by atoms with Crippen LogP contribution in [-0.2, 0) is 9.59 Å². The molecule has 7 heteroatoms. The number of nitriles is 1. The number of likely N-dealkylation sites (tertiary alicyclic amines) is 1. The van der Waals surface area contributed by atoms with Crippen LogP contribution >= 0.6 is 0 Å². The highest BCUT2D eigenvalue weighted by Crippen LogP contribution is 2.11. The van der Waals surface area contributed by atoms with Crippen LogP contribution in [0.25, 0.3) is 0 Å². The zero-order valence-electron chi connectivity index (χ0n) is 14.7. The maximum Gasteiger partial charge on any atom is 0.267 e. The number of nitrogens with zero attached hydrogens (tertiary/aromatic N) is 2. The van der Waals surface area contributed by atoms with Gasteiger partial charge < -0.3 is 15.5 Å². The number of carbonyl (C=O) groups excluding carboxylic acids is 3. The standard InChI is InChI=1S/C19H22N4O3/c1-14(24)15-5-7-17(8-6-15)22-19(26)16(12-20)13-21-9-3-11-23-10-2-4-18(23)25/h5-8,13,21H,2-4,9-11H2,1H3,(H,22,26)/b16-13-. The van der Waals surface area contributed by atoms with Gasteiger partial charge in [0.15, 0.2) is 5.78 Å². The minimum absolute atomic E-state index is 0.0436. The fourth-order valence-corrected chi connectivity index (χ4v) is 2.62. The highest BCUT2D eigenvalue weighted by Gasteiger charge is 2.18. The van der Waals surface area contributed by atoms with E-state index in [1.165, 1.54) is 13.1 Å². The highest BCUT2D eigenvalue weighted by molar-refractivity contribution is 6.06. The molecule has 1 aromatic carbocycles. The molecule has 1 aliphatic heterocycles. The number of rotatable bonds is 8. The molecule has 0 aliphatic carbocycles. The molecule has 7 nitrogen and oxygen atoms in total. The van der Waals surface area contributed by atoms with Gasteiger partial charge in [0.2, 0.25) is 5.91 Å². The Labute approximate surface area is 152 Å². The summed E-state index contributed by atoms with van der Waals surface area (Å²) in [5.74, 6) is -0.390. The summed E-state index contributed by atoms with van der Waals surface area (Å²) in [6, 6.07) is 8.32. The summed E-state index contributed by atoms with van der Waals surface area (Å²) in [7, 11) is 0. The molecular weight excluding hydrogens is 332 g/mol. The van der Waals surface area contributed by atoms with Crippen molar-refractivity contribution in [3.8, 4) is 6.07 Å². The number of anilines is 1. The lowest BCUT2D eigenvalue weighted by atomic mass is 10.1. The first-order valence-electron chi connectivity index (χ1n) is 8.55. The Balaban J connectivity index is 1.79. The van der Waals surface area contributed by atoms with Gasteiger partial charge in [0, 0.05) is 43.5 Å². The molecule has 0 radical (unpaired) electrons. The second kappa shape index (κ2) is 9.37. The average Bonchev–Trinajstić information content (AvgIpc) is 3.03. The van der Waals surface area contributed by atoms with Crippen LogP contribution in [0.2, 0.25) is 0 Å². The highest BCUT2D eigenvalue weighted by atomic mass is 16.2. The van der Waals surface area contributed by atoms with E-state index in [1.54, 1.807) is 24.3 Å². The SMILES string of the molecule is CC(=O)c1ccc(NC(=O)/C(C#N)=C\NCCCN2CCCC2=O)cc1. The maximum atomic E-state index is 12.1. The number of hydrogen-bond acceptors (Lipinski definition) is 5. The molecule has 1 fully saturated rings. The van der Waals surface area contributed by atoms with Gasteiger partial charge in [-0.05, 0) is 44.0 Å². The zero-order valence-corrected chi connectivity index (χ0v) is 14.7. The van der Waals surface area contributed by atoms with Crippen molar-refractivity contribution in [1.29, 1.82) is 5.26 Å². The Morgan fingerprint density at radius 1 is 1.31 bits per heavy atom. The third-order valence-electron chi connectivity index (χ3n) is 4.08. The quantitative estimate of drug-likeness (QED) is 0.321. The Bertz CT molecular complexity index is 747. The van der Waals surface area contributed by atoms with Crippen LogP contribution in [0.1, 0.15) is 36.5 Å². The van der Waals surface area contributed by atoms with Gasteiger partial charge in [0.05, 0.1) is 0 Å². The van der Waals surface area contributed by atoms with E-state index < -0.39 is 5.91 Å². The number of carbonyl (C=O) groups is 3. The van der Waals surface area contributed by atoms with Crippen LogP contribution in [0.5, 0.6) is 0 Å². The third kappa shape index (κ3) is 5.45. The number of nitrogens with one attached hydrogen (secondary N) is 2. The van der Waals surface area contributed by atoms with Gasteiger partial charge in [-0.1, -0.05) is 0 Å². The molecule has 0 atom stereocenters. The fourth-order valence-electron chi connectivity index (χ4n) is 2.62. The van der Waals surface area contributed by atoms with Crippen molar-refractivity contribution in [3.05, 3.63) is 41.6 Å². The average molecular weight is 354 g/mol. The lowest BCUT2D eigenvalue weighted by Crippen LogP contribution is -2.27. The van der Waals surface area contributed by atoms with Crippen molar-refractivity contribution >= 4 is 23.3 Å². The molecule has 1 heterocycles. The van der Waals surface area contributed by atoms with Crippen LogP contribution < -0.4 is 10.6 Å². The van der Waals surface area contributed by atoms with E-state index in [0.29, 0.717) is 30.8 Å². The molecule has 1 aromatic rings. The first kappa shape index (κ1) is 19.2. The molecule has 136 valence electrons. The maximum absolute atomic E-state index is 12.1. The molecule has 26 heavy (non-hydrogen) atoms. The molecule has 2 N–H and O–H groups in total. The van der Waals surface area contributed by atoms with E-state index in [4.69, 9.17) is 5.26 Å². The molecule has 1 aliphatic rings.